The standard InChI is InChI=1S/C26H22F3N5O2/c27-26(28,29)22-15-21(32-24(35)20-5-2-1-3-6-20)11-12-23(22)33-25(36)30-16-18-7-9-19(10-8-18)17-34-14-4-13-31-34/h1-15H,16-17H2,(H,32,35)(H2,30,33,36). The van der Waals surface area contributed by atoms with Gasteiger partial charge in [0.2, 0.25) is 0 Å². The van der Waals surface area contributed by atoms with Crippen molar-refractivity contribution in [1.82, 2.24) is 15.1 Å². The SMILES string of the molecule is O=C(NCc1ccc(Cn2cccn2)cc1)Nc1ccc(NC(=O)c2ccccc2)cc1C(F)(F)F. The number of carbonyl (C=O) groups is 2. The zero-order valence-electron chi connectivity index (χ0n) is 18.9. The van der Waals surface area contributed by atoms with E-state index in [9.17, 15) is 22.8 Å². The van der Waals surface area contributed by atoms with Crippen LogP contribution in [0.1, 0.15) is 27.0 Å². The lowest BCUT2D eigenvalue weighted by Gasteiger charge is -2.16. The zero-order chi connectivity index (χ0) is 25.5. The van der Waals surface area contributed by atoms with Gasteiger partial charge in [-0.05, 0) is 47.5 Å². The topological polar surface area (TPSA) is 88.1 Å². The average molecular weight is 493 g/mol. The highest BCUT2D eigenvalue weighted by Crippen LogP contribution is 2.36. The first-order chi connectivity index (χ1) is 17.3. The summed E-state index contributed by atoms with van der Waals surface area (Å²) in [5, 5.41) is 11.4. The summed E-state index contributed by atoms with van der Waals surface area (Å²) in [6, 6.07) is 19.8. The Hall–Kier alpha value is -4.60. The number of carbonyl (C=O) groups excluding carboxylic acids is 2. The number of urea groups is 1. The number of alkyl halides is 3. The maximum atomic E-state index is 13.7. The summed E-state index contributed by atoms with van der Waals surface area (Å²) in [6.07, 6.45) is -1.21. The number of aromatic nitrogens is 2. The molecule has 0 saturated carbocycles. The molecule has 3 amide bonds. The molecule has 0 fully saturated rings. The van der Waals surface area contributed by atoms with E-state index in [-0.39, 0.29) is 12.2 Å². The van der Waals surface area contributed by atoms with Crippen molar-refractivity contribution in [2.45, 2.75) is 19.3 Å². The Balaban J connectivity index is 1.38. The lowest BCUT2D eigenvalue weighted by molar-refractivity contribution is -0.136. The fourth-order valence-electron chi connectivity index (χ4n) is 3.45. The van der Waals surface area contributed by atoms with Crippen molar-refractivity contribution in [2.24, 2.45) is 0 Å². The number of anilines is 2. The number of hydrogen-bond acceptors (Lipinski definition) is 3. The number of nitrogens with one attached hydrogen (secondary N) is 3. The first-order valence-corrected chi connectivity index (χ1v) is 11.0. The van der Waals surface area contributed by atoms with Crippen LogP contribution >= 0.6 is 0 Å². The van der Waals surface area contributed by atoms with Gasteiger partial charge in [-0.25, -0.2) is 4.79 Å². The largest absolute Gasteiger partial charge is 0.418 e. The highest BCUT2D eigenvalue weighted by atomic mass is 19.4. The van der Waals surface area contributed by atoms with Crippen LogP contribution in [0.3, 0.4) is 0 Å². The Kier molecular flexibility index (Phi) is 7.33. The first-order valence-electron chi connectivity index (χ1n) is 11.0. The summed E-state index contributed by atoms with van der Waals surface area (Å²) in [7, 11) is 0. The molecule has 7 nitrogen and oxygen atoms in total. The molecule has 0 aliphatic heterocycles. The van der Waals surface area contributed by atoms with E-state index < -0.39 is 29.4 Å². The van der Waals surface area contributed by atoms with E-state index in [0.717, 1.165) is 23.3 Å². The predicted molar refractivity (Wildman–Crippen MR) is 129 cm³/mol. The molecule has 36 heavy (non-hydrogen) atoms. The van der Waals surface area contributed by atoms with Crippen LogP contribution in [0.2, 0.25) is 0 Å². The van der Waals surface area contributed by atoms with Crippen molar-refractivity contribution in [1.29, 1.82) is 0 Å². The van der Waals surface area contributed by atoms with E-state index in [1.807, 2.05) is 36.5 Å². The second-order valence-electron chi connectivity index (χ2n) is 7.91. The Bertz CT molecular complexity index is 1320. The molecule has 1 heterocycles. The molecule has 184 valence electrons. The molecule has 0 atom stereocenters. The van der Waals surface area contributed by atoms with Gasteiger partial charge in [-0.3, -0.25) is 9.48 Å². The molecule has 3 aromatic carbocycles. The Labute approximate surface area is 205 Å². The molecule has 3 N–H and O–H groups in total. The number of halogens is 3. The van der Waals surface area contributed by atoms with Crippen LogP contribution in [-0.2, 0) is 19.3 Å². The van der Waals surface area contributed by atoms with Crippen LogP contribution in [-0.4, -0.2) is 21.7 Å². The molecule has 1 aromatic heterocycles. The quantitative estimate of drug-likeness (QED) is 0.317. The van der Waals surface area contributed by atoms with Gasteiger partial charge in [0.1, 0.15) is 0 Å². The van der Waals surface area contributed by atoms with Gasteiger partial charge in [0.15, 0.2) is 0 Å². The van der Waals surface area contributed by atoms with Crippen molar-refractivity contribution in [3.8, 4) is 0 Å². The van der Waals surface area contributed by atoms with Gasteiger partial charge < -0.3 is 16.0 Å². The Morgan fingerprint density at radius 3 is 2.25 bits per heavy atom. The highest BCUT2D eigenvalue weighted by molar-refractivity contribution is 6.04. The molecule has 4 rings (SSSR count). The molecule has 10 heteroatoms. The predicted octanol–water partition coefficient (Wildman–Crippen LogP) is 5.52. The number of rotatable bonds is 7. The minimum absolute atomic E-state index is 0.0441. The first kappa shape index (κ1) is 24.5. The zero-order valence-corrected chi connectivity index (χ0v) is 18.9. The molecule has 0 saturated heterocycles. The van der Waals surface area contributed by atoms with Gasteiger partial charge in [0, 0.05) is 30.2 Å². The van der Waals surface area contributed by atoms with Gasteiger partial charge in [-0.1, -0.05) is 42.5 Å². The summed E-state index contributed by atoms with van der Waals surface area (Å²) in [4.78, 5) is 24.6. The number of benzene rings is 3. The molecule has 0 bridgehead atoms. The number of nitrogens with zero attached hydrogens (tertiary/aromatic N) is 2. The van der Waals surface area contributed by atoms with Gasteiger partial charge >= 0.3 is 12.2 Å². The number of hydrogen-bond donors (Lipinski definition) is 3. The smallest absolute Gasteiger partial charge is 0.334 e. The average Bonchev–Trinajstić information content (AvgIpc) is 3.37. The van der Waals surface area contributed by atoms with Gasteiger partial charge in [0.25, 0.3) is 5.91 Å². The highest BCUT2D eigenvalue weighted by Gasteiger charge is 2.34. The molecule has 0 spiro atoms. The second kappa shape index (κ2) is 10.8. The van der Waals surface area contributed by atoms with Crippen molar-refractivity contribution >= 4 is 23.3 Å². The minimum atomic E-state index is -4.75. The van der Waals surface area contributed by atoms with Crippen molar-refractivity contribution in [3.05, 3.63) is 114 Å². The lowest BCUT2D eigenvalue weighted by atomic mass is 10.1. The van der Waals surface area contributed by atoms with Gasteiger partial charge in [-0.15, -0.1) is 0 Å². The van der Waals surface area contributed by atoms with Crippen LogP contribution in [0.4, 0.5) is 29.3 Å². The molecule has 0 aliphatic carbocycles. The lowest BCUT2D eigenvalue weighted by Crippen LogP contribution is -2.29. The summed E-state index contributed by atoms with van der Waals surface area (Å²) in [6.45, 7) is 0.726. The Morgan fingerprint density at radius 2 is 1.58 bits per heavy atom. The summed E-state index contributed by atoms with van der Waals surface area (Å²) in [5.74, 6) is -0.544. The molecular weight excluding hydrogens is 471 g/mol. The van der Waals surface area contributed by atoms with E-state index in [0.29, 0.717) is 12.1 Å². The third-order valence-corrected chi connectivity index (χ3v) is 5.25. The molecule has 4 aromatic rings. The fraction of sp³-hybridized carbons (Fsp3) is 0.115. The van der Waals surface area contributed by atoms with Crippen molar-refractivity contribution in [2.75, 3.05) is 10.6 Å². The van der Waals surface area contributed by atoms with E-state index in [1.165, 1.54) is 6.07 Å². The van der Waals surface area contributed by atoms with Crippen molar-refractivity contribution < 1.29 is 22.8 Å². The van der Waals surface area contributed by atoms with Crippen LogP contribution in [0.25, 0.3) is 0 Å². The number of amides is 3. The normalized spacial score (nSPS) is 11.1. The third kappa shape index (κ3) is 6.50. The van der Waals surface area contributed by atoms with Crippen LogP contribution in [0.5, 0.6) is 0 Å². The molecule has 0 aliphatic rings. The summed E-state index contributed by atoms with van der Waals surface area (Å²) >= 11 is 0. The summed E-state index contributed by atoms with van der Waals surface area (Å²) < 4.78 is 42.8. The Morgan fingerprint density at radius 1 is 0.861 bits per heavy atom. The third-order valence-electron chi connectivity index (χ3n) is 5.25. The maximum absolute atomic E-state index is 13.7. The van der Waals surface area contributed by atoms with Crippen LogP contribution < -0.4 is 16.0 Å². The van der Waals surface area contributed by atoms with Crippen molar-refractivity contribution in [3.63, 3.8) is 0 Å². The van der Waals surface area contributed by atoms with E-state index in [1.54, 1.807) is 41.2 Å². The maximum Gasteiger partial charge on any atom is 0.418 e. The van der Waals surface area contributed by atoms with E-state index >= 15 is 0 Å². The monoisotopic (exact) mass is 493 g/mol. The molecule has 0 unspecified atom stereocenters. The minimum Gasteiger partial charge on any atom is -0.334 e. The van der Waals surface area contributed by atoms with Crippen LogP contribution in [0, 0.1) is 0 Å². The van der Waals surface area contributed by atoms with Gasteiger partial charge in [0.05, 0.1) is 17.8 Å². The molecular formula is C26H22F3N5O2. The summed E-state index contributed by atoms with van der Waals surface area (Å²) in [5.41, 5.74) is 0.559. The fourth-order valence-corrected chi connectivity index (χ4v) is 3.45. The van der Waals surface area contributed by atoms with Crippen LogP contribution in [0.15, 0.2) is 91.3 Å². The van der Waals surface area contributed by atoms with Gasteiger partial charge in [-0.2, -0.15) is 18.3 Å². The second-order valence-corrected chi connectivity index (χ2v) is 7.91. The molecule has 0 radical (unpaired) electrons. The van der Waals surface area contributed by atoms with E-state index in [2.05, 4.69) is 21.0 Å². The van der Waals surface area contributed by atoms with E-state index in [4.69, 9.17) is 0 Å².